The van der Waals surface area contributed by atoms with Crippen LogP contribution in [-0.2, 0) is 20.7 Å². The number of rotatable bonds is 4. The van der Waals surface area contributed by atoms with Crippen molar-refractivity contribution < 1.29 is 18.7 Å². The Morgan fingerprint density at radius 3 is 2.72 bits per heavy atom. The summed E-state index contributed by atoms with van der Waals surface area (Å²) in [5.74, 6) is -1.17. The summed E-state index contributed by atoms with van der Waals surface area (Å²) in [7, 11) is 1.28. The molecule has 1 amide bonds. The van der Waals surface area contributed by atoms with Gasteiger partial charge in [-0.15, -0.1) is 0 Å². The van der Waals surface area contributed by atoms with Crippen LogP contribution in [0.2, 0.25) is 0 Å². The maximum absolute atomic E-state index is 13.3. The minimum atomic E-state index is -0.464. The van der Waals surface area contributed by atoms with Crippen LogP contribution in [0.25, 0.3) is 0 Å². The number of methoxy groups -OCH3 is 1. The molecule has 1 rings (SSSR count). The molecule has 0 aromatic heterocycles. The zero-order valence-electron chi connectivity index (χ0n) is 10.2. The second kappa shape index (κ2) is 6.54. The quantitative estimate of drug-likeness (QED) is 0.658. The van der Waals surface area contributed by atoms with Crippen LogP contribution in [-0.4, -0.2) is 19.0 Å². The largest absolute Gasteiger partial charge is 0.466 e. The average Bonchev–Trinajstić information content (AvgIpc) is 2.27. The molecule has 1 N–H and O–H groups in total. The SMILES string of the molecule is COC(=O)/C=C/Cc1cc(F)cc(NC(C)=O)c1. The predicted molar refractivity (Wildman–Crippen MR) is 65.6 cm³/mol. The van der Waals surface area contributed by atoms with Crippen LogP contribution in [0.15, 0.2) is 30.4 Å². The van der Waals surface area contributed by atoms with Gasteiger partial charge in [0.25, 0.3) is 0 Å². The van der Waals surface area contributed by atoms with E-state index in [2.05, 4.69) is 10.1 Å². The highest BCUT2D eigenvalue weighted by molar-refractivity contribution is 5.88. The molecule has 0 bridgehead atoms. The minimum Gasteiger partial charge on any atom is -0.466 e. The summed E-state index contributed by atoms with van der Waals surface area (Å²) in [6, 6.07) is 4.22. The van der Waals surface area contributed by atoms with E-state index in [1.54, 1.807) is 12.1 Å². The third kappa shape index (κ3) is 4.78. The van der Waals surface area contributed by atoms with E-state index in [1.807, 2.05) is 0 Å². The Hall–Kier alpha value is -2.17. The molecular formula is C13H14FNO3. The summed E-state index contributed by atoms with van der Waals surface area (Å²) in [5.41, 5.74) is 1.04. The third-order valence-corrected chi connectivity index (χ3v) is 2.09. The van der Waals surface area contributed by atoms with Crippen molar-refractivity contribution in [2.24, 2.45) is 0 Å². The van der Waals surface area contributed by atoms with Gasteiger partial charge < -0.3 is 10.1 Å². The maximum atomic E-state index is 13.3. The predicted octanol–water partition coefficient (Wildman–Crippen LogP) is 2.06. The van der Waals surface area contributed by atoms with Crippen LogP contribution in [0.1, 0.15) is 12.5 Å². The lowest BCUT2D eigenvalue weighted by Crippen LogP contribution is -2.06. The number of allylic oxidation sites excluding steroid dienone is 1. The van der Waals surface area contributed by atoms with E-state index in [-0.39, 0.29) is 5.91 Å². The van der Waals surface area contributed by atoms with Gasteiger partial charge in [0.1, 0.15) is 5.82 Å². The Bertz CT molecular complexity index is 483. The molecule has 1 aromatic rings. The molecule has 0 aliphatic carbocycles. The van der Waals surface area contributed by atoms with Crippen LogP contribution < -0.4 is 5.32 Å². The summed E-state index contributed by atoms with van der Waals surface area (Å²) in [6.45, 7) is 1.35. The second-order valence-electron chi connectivity index (χ2n) is 3.66. The Balaban J connectivity index is 2.76. The Kier molecular flexibility index (Phi) is 5.05. The van der Waals surface area contributed by atoms with Crippen LogP contribution in [0.5, 0.6) is 0 Å². The number of ether oxygens (including phenoxy) is 1. The van der Waals surface area contributed by atoms with Crippen molar-refractivity contribution >= 4 is 17.6 Å². The van der Waals surface area contributed by atoms with Gasteiger partial charge in [0, 0.05) is 18.7 Å². The number of anilines is 1. The molecule has 0 spiro atoms. The molecule has 0 heterocycles. The van der Waals surface area contributed by atoms with Gasteiger partial charge in [-0.2, -0.15) is 0 Å². The first-order valence-electron chi connectivity index (χ1n) is 5.33. The summed E-state index contributed by atoms with van der Waals surface area (Å²) in [6.07, 6.45) is 3.21. The molecule has 0 saturated carbocycles. The van der Waals surface area contributed by atoms with E-state index in [0.29, 0.717) is 17.7 Å². The summed E-state index contributed by atoms with van der Waals surface area (Å²) in [5, 5.41) is 2.50. The molecule has 5 heteroatoms. The molecule has 0 atom stereocenters. The number of carbonyl (C=O) groups is 2. The Labute approximate surface area is 104 Å². The van der Waals surface area contributed by atoms with Gasteiger partial charge in [-0.1, -0.05) is 6.08 Å². The lowest BCUT2D eigenvalue weighted by Gasteiger charge is -2.05. The number of halogens is 1. The van der Waals surface area contributed by atoms with E-state index in [4.69, 9.17) is 0 Å². The topological polar surface area (TPSA) is 55.4 Å². The summed E-state index contributed by atoms with van der Waals surface area (Å²) >= 11 is 0. The van der Waals surface area contributed by atoms with Crippen molar-refractivity contribution in [2.75, 3.05) is 12.4 Å². The molecule has 0 saturated heterocycles. The highest BCUT2D eigenvalue weighted by atomic mass is 19.1. The van der Waals surface area contributed by atoms with Crippen LogP contribution in [0.3, 0.4) is 0 Å². The van der Waals surface area contributed by atoms with Crippen molar-refractivity contribution in [3.8, 4) is 0 Å². The number of esters is 1. The first-order chi connectivity index (χ1) is 8.51. The van der Waals surface area contributed by atoms with E-state index >= 15 is 0 Å². The second-order valence-corrected chi connectivity index (χ2v) is 3.66. The lowest BCUT2D eigenvalue weighted by molar-refractivity contribution is -0.134. The average molecular weight is 251 g/mol. The van der Waals surface area contributed by atoms with Crippen LogP contribution >= 0.6 is 0 Å². The molecular weight excluding hydrogens is 237 g/mol. The fraction of sp³-hybridized carbons (Fsp3) is 0.231. The zero-order chi connectivity index (χ0) is 13.5. The molecule has 4 nitrogen and oxygen atoms in total. The normalized spacial score (nSPS) is 10.4. The maximum Gasteiger partial charge on any atom is 0.330 e. The number of nitrogens with one attached hydrogen (secondary N) is 1. The molecule has 0 fully saturated rings. The summed E-state index contributed by atoms with van der Waals surface area (Å²) < 4.78 is 17.7. The minimum absolute atomic E-state index is 0.267. The van der Waals surface area contributed by atoms with Crippen molar-refractivity contribution in [3.63, 3.8) is 0 Å². The van der Waals surface area contributed by atoms with Gasteiger partial charge in [0.05, 0.1) is 7.11 Å². The first kappa shape index (κ1) is 13.9. The standard InChI is InChI=1S/C13H14FNO3/c1-9(16)15-12-7-10(6-11(14)8-12)4-3-5-13(17)18-2/h3,5-8H,4H2,1-2H3,(H,15,16)/b5-3+. The number of hydrogen-bond acceptors (Lipinski definition) is 3. The van der Waals surface area contributed by atoms with Crippen molar-refractivity contribution in [1.29, 1.82) is 0 Å². The van der Waals surface area contributed by atoms with Crippen molar-refractivity contribution in [1.82, 2.24) is 0 Å². The number of hydrogen-bond donors (Lipinski definition) is 1. The molecule has 0 aliphatic heterocycles. The Morgan fingerprint density at radius 2 is 2.11 bits per heavy atom. The van der Waals surface area contributed by atoms with Gasteiger partial charge >= 0.3 is 5.97 Å². The highest BCUT2D eigenvalue weighted by Gasteiger charge is 2.01. The van der Waals surface area contributed by atoms with Gasteiger partial charge in [-0.05, 0) is 30.2 Å². The molecule has 18 heavy (non-hydrogen) atoms. The number of amides is 1. The fourth-order valence-electron chi connectivity index (χ4n) is 1.40. The number of carbonyl (C=O) groups excluding carboxylic acids is 2. The van der Waals surface area contributed by atoms with Crippen molar-refractivity contribution in [3.05, 3.63) is 41.7 Å². The lowest BCUT2D eigenvalue weighted by atomic mass is 10.1. The number of benzene rings is 1. The zero-order valence-corrected chi connectivity index (χ0v) is 10.2. The van der Waals surface area contributed by atoms with E-state index < -0.39 is 11.8 Å². The first-order valence-corrected chi connectivity index (χ1v) is 5.33. The molecule has 96 valence electrons. The Morgan fingerprint density at radius 1 is 1.39 bits per heavy atom. The van der Waals surface area contributed by atoms with Crippen LogP contribution in [0.4, 0.5) is 10.1 Å². The molecule has 0 radical (unpaired) electrons. The van der Waals surface area contributed by atoms with E-state index in [0.717, 1.165) is 0 Å². The van der Waals surface area contributed by atoms with Gasteiger partial charge in [-0.25, -0.2) is 9.18 Å². The van der Waals surface area contributed by atoms with Gasteiger partial charge in [0.15, 0.2) is 0 Å². The van der Waals surface area contributed by atoms with Gasteiger partial charge in [0.2, 0.25) is 5.91 Å². The van der Waals surface area contributed by atoms with Crippen LogP contribution in [0, 0.1) is 5.82 Å². The van der Waals surface area contributed by atoms with Crippen molar-refractivity contribution in [2.45, 2.75) is 13.3 Å². The molecule has 0 unspecified atom stereocenters. The smallest absolute Gasteiger partial charge is 0.330 e. The van der Waals surface area contributed by atoms with E-state index in [1.165, 1.54) is 32.2 Å². The van der Waals surface area contributed by atoms with Gasteiger partial charge in [-0.3, -0.25) is 4.79 Å². The fourth-order valence-corrected chi connectivity index (χ4v) is 1.40. The highest BCUT2D eigenvalue weighted by Crippen LogP contribution is 2.14. The third-order valence-electron chi connectivity index (χ3n) is 2.09. The molecule has 0 aliphatic rings. The monoisotopic (exact) mass is 251 g/mol. The summed E-state index contributed by atoms with van der Waals surface area (Å²) in [4.78, 5) is 21.7. The molecule has 1 aromatic carbocycles. The van der Waals surface area contributed by atoms with E-state index in [9.17, 15) is 14.0 Å².